The topological polar surface area (TPSA) is 46.2 Å². The third-order valence-corrected chi connectivity index (χ3v) is 1.83. The Morgan fingerprint density at radius 1 is 1.36 bits per heavy atom. The molecule has 0 aliphatic rings. The van der Waals surface area contributed by atoms with Gasteiger partial charge in [0.05, 0.1) is 12.6 Å². The number of aliphatic hydroxyl groups excluding tert-OH is 1. The molecule has 0 radical (unpaired) electrons. The van der Waals surface area contributed by atoms with Gasteiger partial charge in [0, 0.05) is 10.6 Å². The van der Waals surface area contributed by atoms with E-state index in [0.29, 0.717) is 0 Å². The van der Waals surface area contributed by atoms with Gasteiger partial charge in [-0.3, -0.25) is 0 Å². The van der Waals surface area contributed by atoms with Gasteiger partial charge in [-0.2, -0.15) is 0 Å². The predicted octanol–water partition coefficient (Wildman–Crippen LogP) is 2.03. The van der Waals surface area contributed by atoms with E-state index in [1.54, 1.807) is 0 Å². The van der Waals surface area contributed by atoms with Crippen molar-refractivity contribution < 1.29 is 13.9 Å². The number of hydrogen-bond donors (Lipinski definition) is 2. The van der Waals surface area contributed by atoms with Gasteiger partial charge in [0.15, 0.2) is 0 Å². The molecule has 0 heterocycles. The van der Waals surface area contributed by atoms with Crippen LogP contribution >= 0.6 is 24.0 Å². The summed E-state index contributed by atoms with van der Waals surface area (Å²) < 4.78 is 26.1. The molecule has 0 aliphatic carbocycles. The van der Waals surface area contributed by atoms with Crippen molar-refractivity contribution in [2.24, 2.45) is 5.73 Å². The predicted molar refractivity (Wildman–Crippen MR) is 52.6 cm³/mol. The Morgan fingerprint density at radius 2 is 1.79 bits per heavy atom. The van der Waals surface area contributed by atoms with Gasteiger partial charge >= 0.3 is 0 Å². The molecule has 0 unspecified atom stereocenters. The van der Waals surface area contributed by atoms with Gasteiger partial charge < -0.3 is 10.8 Å². The zero-order chi connectivity index (χ0) is 10.0. The molecule has 3 N–H and O–H groups in total. The van der Waals surface area contributed by atoms with Crippen LogP contribution in [0.3, 0.4) is 0 Å². The van der Waals surface area contributed by atoms with Crippen LogP contribution in [0.1, 0.15) is 11.6 Å². The molecule has 0 aromatic heterocycles. The Morgan fingerprint density at radius 3 is 2.14 bits per heavy atom. The van der Waals surface area contributed by atoms with Crippen molar-refractivity contribution >= 4 is 24.0 Å². The van der Waals surface area contributed by atoms with Crippen molar-refractivity contribution in [1.29, 1.82) is 0 Å². The quantitative estimate of drug-likeness (QED) is 0.836. The summed E-state index contributed by atoms with van der Waals surface area (Å²) in [5.74, 6) is -1.68. The van der Waals surface area contributed by atoms with E-state index in [0.717, 1.165) is 12.1 Å². The lowest BCUT2D eigenvalue weighted by Crippen LogP contribution is -2.17. The Balaban J connectivity index is 0.00000169. The molecule has 1 atom stereocenters. The lowest BCUT2D eigenvalue weighted by atomic mass is 10.1. The molecule has 1 aromatic carbocycles. The molecule has 14 heavy (non-hydrogen) atoms. The molecule has 0 fully saturated rings. The maximum absolute atomic E-state index is 13.0. The fraction of sp³-hybridized carbons (Fsp3) is 0.250. The monoisotopic (exact) mass is 243 g/mol. The first-order valence-corrected chi connectivity index (χ1v) is 3.95. The van der Waals surface area contributed by atoms with Gasteiger partial charge in [-0.15, -0.1) is 12.4 Å². The largest absolute Gasteiger partial charge is 0.394 e. The summed E-state index contributed by atoms with van der Waals surface area (Å²) in [6.07, 6.45) is 0. The number of hydrogen-bond acceptors (Lipinski definition) is 2. The van der Waals surface area contributed by atoms with Crippen molar-refractivity contribution in [3.63, 3.8) is 0 Å². The number of aliphatic hydroxyl groups is 1. The molecular weight excluding hydrogens is 235 g/mol. The van der Waals surface area contributed by atoms with Gasteiger partial charge in [0.25, 0.3) is 0 Å². The minimum atomic E-state index is -1.06. The average molecular weight is 244 g/mol. The molecule has 0 spiro atoms. The third-order valence-electron chi connectivity index (χ3n) is 1.61. The molecule has 80 valence electrons. The van der Waals surface area contributed by atoms with Gasteiger partial charge in [-0.1, -0.05) is 11.6 Å². The standard InChI is InChI=1S/C8H8ClF2NO.ClH/c9-4-1-5(10)8(6(11)2-4)7(12)3-13;/h1-2,7,13H,3,12H2;1H/t7-;/m1./s1. The Bertz CT molecular complexity index is 299. The van der Waals surface area contributed by atoms with Gasteiger partial charge in [-0.05, 0) is 12.1 Å². The maximum atomic E-state index is 13.0. The number of halogens is 4. The van der Waals surface area contributed by atoms with Crippen LogP contribution in [0.15, 0.2) is 12.1 Å². The normalized spacial score (nSPS) is 12.1. The van der Waals surface area contributed by atoms with Crippen molar-refractivity contribution in [2.45, 2.75) is 6.04 Å². The number of nitrogens with two attached hydrogens (primary N) is 1. The van der Waals surface area contributed by atoms with Crippen LogP contribution in [-0.4, -0.2) is 11.7 Å². The fourth-order valence-corrected chi connectivity index (χ4v) is 1.19. The summed E-state index contributed by atoms with van der Waals surface area (Å²) in [7, 11) is 0. The van der Waals surface area contributed by atoms with Crippen molar-refractivity contribution in [3.05, 3.63) is 34.4 Å². The summed E-state index contributed by atoms with van der Waals surface area (Å²) in [5, 5.41) is 8.58. The number of benzene rings is 1. The highest BCUT2D eigenvalue weighted by Crippen LogP contribution is 2.22. The molecular formula is C8H9Cl2F2NO. The van der Waals surface area contributed by atoms with E-state index in [-0.39, 0.29) is 23.0 Å². The van der Waals surface area contributed by atoms with Crippen LogP contribution in [0.4, 0.5) is 8.78 Å². The van der Waals surface area contributed by atoms with Crippen LogP contribution in [0.5, 0.6) is 0 Å². The zero-order valence-electron chi connectivity index (χ0n) is 7.01. The molecule has 6 heteroatoms. The smallest absolute Gasteiger partial charge is 0.132 e. The molecule has 1 aromatic rings. The van der Waals surface area contributed by atoms with Crippen LogP contribution in [0, 0.1) is 11.6 Å². The summed E-state index contributed by atoms with van der Waals surface area (Å²) in [5.41, 5.74) is 4.93. The summed E-state index contributed by atoms with van der Waals surface area (Å²) >= 11 is 5.39. The second-order valence-electron chi connectivity index (χ2n) is 2.57. The van der Waals surface area contributed by atoms with E-state index in [1.165, 1.54) is 0 Å². The first-order chi connectivity index (χ1) is 6.06. The molecule has 0 saturated heterocycles. The zero-order valence-corrected chi connectivity index (χ0v) is 8.58. The van der Waals surface area contributed by atoms with Crippen molar-refractivity contribution in [1.82, 2.24) is 0 Å². The highest BCUT2D eigenvalue weighted by atomic mass is 35.5. The van der Waals surface area contributed by atoms with E-state index in [2.05, 4.69) is 0 Å². The SMILES string of the molecule is Cl.N[C@H](CO)c1c(F)cc(Cl)cc1F. The lowest BCUT2D eigenvalue weighted by molar-refractivity contribution is 0.262. The second-order valence-corrected chi connectivity index (χ2v) is 3.01. The van der Waals surface area contributed by atoms with Crippen LogP contribution in [0.25, 0.3) is 0 Å². The Hall–Kier alpha value is -0.420. The number of rotatable bonds is 2. The third kappa shape index (κ3) is 2.78. The van der Waals surface area contributed by atoms with E-state index >= 15 is 0 Å². The minimum Gasteiger partial charge on any atom is -0.394 e. The van der Waals surface area contributed by atoms with Gasteiger partial charge in [0.2, 0.25) is 0 Å². The average Bonchev–Trinajstić information content (AvgIpc) is 2.02. The van der Waals surface area contributed by atoms with E-state index in [1.807, 2.05) is 0 Å². The highest BCUT2D eigenvalue weighted by Gasteiger charge is 2.16. The summed E-state index contributed by atoms with van der Waals surface area (Å²) in [4.78, 5) is 0. The summed E-state index contributed by atoms with van der Waals surface area (Å²) in [6.45, 7) is -0.518. The molecule has 0 saturated carbocycles. The van der Waals surface area contributed by atoms with Crippen LogP contribution in [0.2, 0.25) is 5.02 Å². The lowest BCUT2D eigenvalue weighted by Gasteiger charge is -2.10. The molecule has 1 rings (SSSR count). The first kappa shape index (κ1) is 13.6. The Labute approximate surface area is 91.1 Å². The van der Waals surface area contributed by atoms with Crippen molar-refractivity contribution in [2.75, 3.05) is 6.61 Å². The second kappa shape index (κ2) is 5.46. The minimum absolute atomic E-state index is 0. The summed E-state index contributed by atoms with van der Waals surface area (Å²) in [6, 6.07) is 0.850. The maximum Gasteiger partial charge on any atom is 0.132 e. The molecule has 0 bridgehead atoms. The van der Waals surface area contributed by atoms with Crippen molar-refractivity contribution in [3.8, 4) is 0 Å². The van der Waals surface area contributed by atoms with E-state index in [4.69, 9.17) is 22.4 Å². The molecule has 0 aliphatic heterocycles. The van der Waals surface area contributed by atoms with Gasteiger partial charge in [0.1, 0.15) is 11.6 Å². The van der Waals surface area contributed by atoms with E-state index < -0.39 is 24.3 Å². The molecule has 0 amide bonds. The first-order valence-electron chi connectivity index (χ1n) is 3.57. The van der Waals surface area contributed by atoms with Gasteiger partial charge in [-0.25, -0.2) is 8.78 Å². The Kier molecular flexibility index (Phi) is 5.29. The fourth-order valence-electron chi connectivity index (χ4n) is 0.999. The molecule has 2 nitrogen and oxygen atoms in total. The van der Waals surface area contributed by atoms with Crippen LogP contribution in [-0.2, 0) is 0 Å². The van der Waals surface area contributed by atoms with Crippen LogP contribution < -0.4 is 5.73 Å². The highest BCUT2D eigenvalue weighted by molar-refractivity contribution is 6.30. The van der Waals surface area contributed by atoms with E-state index in [9.17, 15) is 8.78 Å².